The van der Waals surface area contributed by atoms with Crippen LogP contribution in [0.25, 0.3) is 28.4 Å². The smallest absolute Gasteiger partial charge is 0.263 e. The predicted molar refractivity (Wildman–Crippen MR) is 127 cm³/mol. The van der Waals surface area contributed by atoms with Gasteiger partial charge in [0, 0.05) is 31.9 Å². The number of thiazole rings is 1. The minimum atomic E-state index is 0.845. The summed E-state index contributed by atoms with van der Waals surface area (Å²) in [5.74, 6) is 0. The summed E-state index contributed by atoms with van der Waals surface area (Å²) in [6.07, 6.45) is 8.85. The standard InChI is InChI=1S/C26H25N2S/c1-27(2)23-17-14-22(15-18-23)16-19-26-28(24-12-6-7-13-25(24)29-26)20-8-11-21-9-4-3-5-10-21/h3-19H,20H2,1-2H3/q+1. The Kier molecular flexibility index (Phi) is 5.87. The molecule has 144 valence electrons. The molecule has 0 saturated heterocycles. The maximum Gasteiger partial charge on any atom is 0.263 e. The normalized spacial score (nSPS) is 11.7. The van der Waals surface area contributed by atoms with E-state index in [1.54, 1.807) is 0 Å². The number of allylic oxidation sites excluding steroid dienone is 1. The second kappa shape index (κ2) is 8.89. The molecule has 0 N–H and O–H groups in total. The average Bonchev–Trinajstić information content (AvgIpc) is 3.11. The van der Waals surface area contributed by atoms with Crippen LogP contribution in [0.2, 0.25) is 0 Å². The maximum absolute atomic E-state index is 2.38. The van der Waals surface area contributed by atoms with E-state index in [2.05, 4.69) is 121 Å². The zero-order valence-corrected chi connectivity index (χ0v) is 17.6. The minimum Gasteiger partial charge on any atom is -0.378 e. The SMILES string of the molecule is CN(C)c1ccc(C=Cc2sc3ccccc3[n+]2CC=Cc2ccccc2)cc1. The molecule has 0 unspecified atom stereocenters. The van der Waals surface area contributed by atoms with Crippen molar-refractivity contribution in [3.63, 3.8) is 0 Å². The van der Waals surface area contributed by atoms with Crippen molar-refractivity contribution < 1.29 is 4.57 Å². The Morgan fingerprint density at radius 1 is 0.759 bits per heavy atom. The third-order valence-corrected chi connectivity index (χ3v) is 5.99. The van der Waals surface area contributed by atoms with Crippen LogP contribution in [0.1, 0.15) is 16.1 Å². The molecule has 0 aliphatic carbocycles. The summed E-state index contributed by atoms with van der Waals surface area (Å²) in [7, 11) is 4.13. The molecule has 3 heteroatoms. The van der Waals surface area contributed by atoms with Gasteiger partial charge in [0.2, 0.25) is 5.52 Å². The van der Waals surface area contributed by atoms with E-state index in [0.29, 0.717) is 0 Å². The fraction of sp³-hybridized carbons (Fsp3) is 0.115. The van der Waals surface area contributed by atoms with E-state index < -0.39 is 0 Å². The molecular weight excluding hydrogens is 372 g/mol. The Morgan fingerprint density at radius 2 is 1.45 bits per heavy atom. The van der Waals surface area contributed by atoms with E-state index >= 15 is 0 Å². The van der Waals surface area contributed by atoms with Crippen LogP contribution in [0.5, 0.6) is 0 Å². The highest BCUT2D eigenvalue weighted by Crippen LogP contribution is 2.22. The Bertz CT molecular complexity index is 1140. The summed E-state index contributed by atoms with van der Waals surface area (Å²) in [5.41, 5.74) is 4.92. The van der Waals surface area contributed by atoms with Gasteiger partial charge >= 0.3 is 0 Å². The summed E-state index contributed by atoms with van der Waals surface area (Å²) in [4.78, 5) is 2.12. The van der Waals surface area contributed by atoms with Crippen LogP contribution in [0.4, 0.5) is 5.69 Å². The zero-order valence-electron chi connectivity index (χ0n) is 16.8. The lowest BCUT2D eigenvalue weighted by atomic mass is 10.2. The zero-order chi connectivity index (χ0) is 20.1. The van der Waals surface area contributed by atoms with Crippen LogP contribution < -0.4 is 9.47 Å². The molecule has 1 aromatic heterocycles. The lowest BCUT2D eigenvalue weighted by Crippen LogP contribution is -2.33. The third kappa shape index (κ3) is 4.64. The Morgan fingerprint density at radius 3 is 2.21 bits per heavy atom. The third-order valence-electron chi connectivity index (χ3n) is 4.86. The molecule has 0 fully saturated rings. The molecule has 0 atom stereocenters. The number of hydrogen-bond acceptors (Lipinski definition) is 2. The summed E-state index contributed by atoms with van der Waals surface area (Å²) < 4.78 is 3.69. The summed E-state index contributed by atoms with van der Waals surface area (Å²) in [6.45, 7) is 0.845. The van der Waals surface area contributed by atoms with E-state index in [1.807, 2.05) is 17.4 Å². The van der Waals surface area contributed by atoms with Crippen molar-refractivity contribution in [1.29, 1.82) is 0 Å². The van der Waals surface area contributed by atoms with Crippen LogP contribution in [-0.2, 0) is 6.54 Å². The Balaban J connectivity index is 1.61. The fourth-order valence-corrected chi connectivity index (χ4v) is 4.35. The molecular formula is C26H25N2S+. The second-order valence-electron chi connectivity index (χ2n) is 7.15. The summed E-state index contributed by atoms with van der Waals surface area (Å²) in [6, 6.07) is 27.7. The van der Waals surface area contributed by atoms with Gasteiger partial charge in [-0.25, -0.2) is 0 Å². The monoisotopic (exact) mass is 397 g/mol. The van der Waals surface area contributed by atoms with Gasteiger partial charge < -0.3 is 4.90 Å². The van der Waals surface area contributed by atoms with Gasteiger partial charge in [0.1, 0.15) is 4.70 Å². The summed E-state index contributed by atoms with van der Waals surface area (Å²) in [5, 5.41) is 1.25. The van der Waals surface area contributed by atoms with Gasteiger partial charge in [-0.05, 0) is 41.5 Å². The molecule has 29 heavy (non-hydrogen) atoms. The molecule has 4 rings (SSSR count). The van der Waals surface area contributed by atoms with Gasteiger partial charge in [-0.3, -0.25) is 0 Å². The molecule has 3 aromatic carbocycles. The number of fused-ring (bicyclic) bond motifs is 1. The fourth-order valence-electron chi connectivity index (χ4n) is 3.27. The van der Waals surface area contributed by atoms with Crippen molar-refractivity contribution in [3.05, 3.63) is 101 Å². The highest BCUT2D eigenvalue weighted by atomic mass is 32.1. The van der Waals surface area contributed by atoms with Gasteiger partial charge in [0.05, 0.1) is 0 Å². The van der Waals surface area contributed by atoms with Gasteiger partial charge in [0.15, 0.2) is 6.54 Å². The minimum absolute atomic E-state index is 0.845. The summed E-state index contributed by atoms with van der Waals surface area (Å²) >= 11 is 1.83. The second-order valence-corrected chi connectivity index (χ2v) is 8.21. The number of anilines is 1. The molecule has 1 heterocycles. The van der Waals surface area contributed by atoms with Crippen molar-refractivity contribution in [2.24, 2.45) is 0 Å². The highest BCUT2D eigenvalue weighted by molar-refractivity contribution is 7.18. The molecule has 0 bridgehead atoms. The molecule has 0 spiro atoms. The molecule has 2 nitrogen and oxygen atoms in total. The van der Waals surface area contributed by atoms with E-state index in [9.17, 15) is 0 Å². The highest BCUT2D eigenvalue weighted by Gasteiger charge is 2.16. The van der Waals surface area contributed by atoms with Crippen LogP contribution in [-0.4, -0.2) is 14.1 Å². The van der Waals surface area contributed by atoms with E-state index in [0.717, 1.165) is 6.54 Å². The number of rotatable bonds is 6. The van der Waals surface area contributed by atoms with Gasteiger partial charge in [-0.2, -0.15) is 4.57 Å². The van der Waals surface area contributed by atoms with Crippen LogP contribution >= 0.6 is 11.3 Å². The quantitative estimate of drug-likeness (QED) is 0.355. The van der Waals surface area contributed by atoms with Crippen molar-refractivity contribution in [3.8, 4) is 0 Å². The Labute approximate surface area is 176 Å². The lowest BCUT2D eigenvalue weighted by molar-refractivity contribution is -0.658. The largest absolute Gasteiger partial charge is 0.378 e. The maximum atomic E-state index is 2.38. The van der Waals surface area contributed by atoms with Crippen molar-refractivity contribution in [2.75, 3.05) is 19.0 Å². The average molecular weight is 398 g/mol. The number of hydrogen-bond donors (Lipinski definition) is 0. The Hall–Kier alpha value is -3.17. The van der Waals surface area contributed by atoms with Crippen LogP contribution in [0.3, 0.4) is 0 Å². The van der Waals surface area contributed by atoms with Gasteiger partial charge in [-0.15, -0.1) is 0 Å². The molecule has 4 aromatic rings. The van der Waals surface area contributed by atoms with Crippen molar-refractivity contribution in [2.45, 2.75) is 6.54 Å². The molecule has 0 amide bonds. The van der Waals surface area contributed by atoms with Gasteiger partial charge in [0.25, 0.3) is 5.01 Å². The molecule has 0 aliphatic heterocycles. The first-order chi connectivity index (χ1) is 14.2. The number of para-hydroxylation sites is 1. The first-order valence-electron chi connectivity index (χ1n) is 9.79. The number of aromatic nitrogens is 1. The van der Waals surface area contributed by atoms with E-state index in [4.69, 9.17) is 0 Å². The topological polar surface area (TPSA) is 7.12 Å². The molecule has 0 saturated carbocycles. The molecule has 0 aliphatic rings. The van der Waals surface area contributed by atoms with Crippen LogP contribution in [0, 0.1) is 0 Å². The van der Waals surface area contributed by atoms with Gasteiger partial charge in [-0.1, -0.05) is 72.0 Å². The van der Waals surface area contributed by atoms with Crippen molar-refractivity contribution >= 4 is 45.5 Å². The van der Waals surface area contributed by atoms with Crippen molar-refractivity contribution in [1.82, 2.24) is 0 Å². The number of benzene rings is 3. The first kappa shape index (κ1) is 19.2. The first-order valence-corrected chi connectivity index (χ1v) is 10.6. The number of nitrogens with zero attached hydrogens (tertiary/aromatic N) is 2. The van der Waals surface area contributed by atoms with E-state index in [1.165, 1.54) is 32.0 Å². The molecule has 0 radical (unpaired) electrons. The van der Waals surface area contributed by atoms with Crippen LogP contribution in [0.15, 0.2) is 84.9 Å². The predicted octanol–water partition coefficient (Wildman–Crippen LogP) is 6.14. The van der Waals surface area contributed by atoms with E-state index in [-0.39, 0.29) is 0 Å². The lowest BCUT2D eigenvalue weighted by Gasteiger charge is -2.11.